The summed E-state index contributed by atoms with van der Waals surface area (Å²) in [5.41, 5.74) is 4.91. The van der Waals surface area contributed by atoms with Crippen molar-refractivity contribution in [3.63, 3.8) is 0 Å². The number of para-hydroxylation sites is 1. The van der Waals surface area contributed by atoms with Gasteiger partial charge in [0.1, 0.15) is 11.6 Å². The molecule has 4 aromatic rings. The number of aliphatic hydroxyl groups is 3. The minimum atomic E-state index is -0.775. The number of ether oxygens (including phenoxy) is 1. The maximum absolute atomic E-state index is 13.4. The number of anilines is 1. The van der Waals surface area contributed by atoms with E-state index < -0.39 is 12.2 Å². The van der Waals surface area contributed by atoms with Gasteiger partial charge in [-0.2, -0.15) is 0 Å². The van der Waals surface area contributed by atoms with Gasteiger partial charge >= 0.3 is 0 Å². The third-order valence-corrected chi connectivity index (χ3v) is 9.09. The van der Waals surface area contributed by atoms with E-state index in [0.717, 1.165) is 22.4 Å². The highest BCUT2D eigenvalue weighted by Gasteiger charge is 2.40. The maximum atomic E-state index is 13.4. The van der Waals surface area contributed by atoms with Gasteiger partial charge in [-0.25, -0.2) is 4.39 Å². The molecule has 6 unspecified atom stereocenters. The number of aliphatic hydroxyl groups excluding tert-OH is 3. The standard InChI is InChI=1S/C36H37FN2O5S/c37-26-13-10-23(11-14-26)32(42)17-16-31-35(39(36(45)38-31)27-4-2-1-3-5-27)30-15-12-25(18-33(30)43)22-6-8-24(9-7-22)34-20-28(41)19-29(21-40)44-34/h1-15,18,28-29,31-32,34-35,40-43H,16-17,19-21H2,(H,38,45). The van der Waals surface area contributed by atoms with E-state index in [2.05, 4.69) is 5.32 Å². The second-order valence-corrected chi connectivity index (χ2v) is 12.2. The SMILES string of the molecule is OCC1CC(O)CC(c2ccc(-c3ccc(C4C(CCC(O)c5ccc(F)cc5)NC(=S)N4c4ccccc4)c(O)c3)cc2)O1. The average molecular weight is 629 g/mol. The second-order valence-electron chi connectivity index (χ2n) is 11.8. The van der Waals surface area contributed by atoms with E-state index in [9.17, 15) is 24.8 Å². The van der Waals surface area contributed by atoms with Gasteiger partial charge in [-0.3, -0.25) is 0 Å². The highest BCUT2D eigenvalue weighted by Crippen LogP contribution is 2.42. The molecule has 2 saturated heterocycles. The summed E-state index contributed by atoms with van der Waals surface area (Å²) in [4.78, 5) is 2.01. The zero-order valence-corrected chi connectivity index (χ0v) is 25.5. The fourth-order valence-corrected chi connectivity index (χ4v) is 6.81. The fraction of sp³-hybridized carbons (Fsp3) is 0.306. The first kappa shape index (κ1) is 31.1. The van der Waals surface area contributed by atoms with Crippen molar-refractivity contribution < 1.29 is 29.6 Å². The van der Waals surface area contributed by atoms with Crippen LogP contribution in [-0.4, -0.2) is 50.4 Å². The molecule has 234 valence electrons. The van der Waals surface area contributed by atoms with Crippen LogP contribution in [0.3, 0.4) is 0 Å². The largest absolute Gasteiger partial charge is 0.508 e. The van der Waals surface area contributed by atoms with Crippen molar-refractivity contribution in [1.29, 1.82) is 0 Å². The van der Waals surface area contributed by atoms with Crippen LogP contribution in [0, 0.1) is 5.82 Å². The first-order valence-corrected chi connectivity index (χ1v) is 15.7. The first-order chi connectivity index (χ1) is 21.8. The lowest BCUT2D eigenvalue weighted by Crippen LogP contribution is -2.33. The normalized spacial score (nSPS) is 24.0. The molecule has 0 bridgehead atoms. The summed E-state index contributed by atoms with van der Waals surface area (Å²) in [6.45, 7) is -0.129. The van der Waals surface area contributed by atoms with Gasteiger partial charge in [-0.1, -0.05) is 66.7 Å². The van der Waals surface area contributed by atoms with E-state index in [1.54, 1.807) is 18.2 Å². The lowest BCUT2D eigenvalue weighted by molar-refractivity contribution is -0.113. The van der Waals surface area contributed by atoms with E-state index in [1.807, 2.05) is 71.6 Å². The average Bonchev–Trinajstić information content (AvgIpc) is 3.39. The number of benzene rings is 4. The first-order valence-electron chi connectivity index (χ1n) is 15.3. The molecular weight excluding hydrogens is 591 g/mol. The van der Waals surface area contributed by atoms with Crippen LogP contribution >= 0.6 is 12.2 Å². The number of nitrogens with one attached hydrogen (secondary N) is 1. The Morgan fingerprint density at radius 2 is 1.64 bits per heavy atom. The van der Waals surface area contributed by atoms with Gasteiger partial charge in [0.05, 0.1) is 43.1 Å². The van der Waals surface area contributed by atoms with Crippen molar-refractivity contribution in [3.8, 4) is 16.9 Å². The Morgan fingerprint density at radius 1 is 0.933 bits per heavy atom. The zero-order chi connectivity index (χ0) is 31.5. The highest BCUT2D eigenvalue weighted by atomic mass is 32.1. The van der Waals surface area contributed by atoms with Crippen LogP contribution in [-0.2, 0) is 4.74 Å². The quantitative estimate of drug-likeness (QED) is 0.142. The van der Waals surface area contributed by atoms with Gasteiger partial charge in [0.15, 0.2) is 5.11 Å². The third kappa shape index (κ3) is 6.88. The molecule has 0 aromatic heterocycles. The smallest absolute Gasteiger partial charge is 0.174 e. The van der Waals surface area contributed by atoms with Crippen molar-refractivity contribution >= 4 is 23.0 Å². The van der Waals surface area contributed by atoms with Crippen molar-refractivity contribution in [1.82, 2.24) is 5.32 Å². The van der Waals surface area contributed by atoms with Crippen LogP contribution in [0.2, 0.25) is 0 Å². The van der Waals surface area contributed by atoms with Gasteiger partial charge in [-0.05, 0) is 77.6 Å². The zero-order valence-electron chi connectivity index (χ0n) is 24.7. The molecule has 2 fully saturated rings. The van der Waals surface area contributed by atoms with Crippen LogP contribution in [0.5, 0.6) is 5.75 Å². The number of rotatable bonds is 9. The van der Waals surface area contributed by atoms with Crippen molar-refractivity contribution in [2.45, 2.75) is 62.2 Å². The molecule has 6 atom stereocenters. The van der Waals surface area contributed by atoms with Crippen LogP contribution in [0.25, 0.3) is 11.1 Å². The summed E-state index contributed by atoms with van der Waals surface area (Å²) in [6, 6.07) is 28.6. The Balaban J connectivity index is 1.25. The molecule has 7 nitrogen and oxygen atoms in total. The Morgan fingerprint density at radius 3 is 2.33 bits per heavy atom. The van der Waals surface area contributed by atoms with Crippen LogP contribution < -0.4 is 10.2 Å². The summed E-state index contributed by atoms with van der Waals surface area (Å²) in [7, 11) is 0. The molecule has 2 heterocycles. The molecule has 45 heavy (non-hydrogen) atoms. The number of thiocarbonyl (C=S) groups is 1. The Hall–Kier alpha value is -3.86. The predicted octanol–water partition coefficient (Wildman–Crippen LogP) is 6.09. The monoisotopic (exact) mass is 628 g/mol. The number of phenolic OH excluding ortho intramolecular Hbond substituents is 1. The second kappa shape index (κ2) is 13.6. The Bertz CT molecular complexity index is 1600. The number of halogens is 1. The summed E-state index contributed by atoms with van der Waals surface area (Å²) < 4.78 is 19.4. The number of aromatic hydroxyl groups is 1. The van der Waals surface area contributed by atoms with Gasteiger partial charge < -0.3 is 35.4 Å². The molecule has 9 heteroatoms. The van der Waals surface area contributed by atoms with Crippen molar-refractivity contribution in [2.75, 3.05) is 11.5 Å². The summed E-state index contributed by atoms with van der Waals surface area (Å²) >= 11 is 5.79. The van der Waals surface area contributed by atoms with E-state index in [0.29, 0.717) is 41.9 Å². The molecule has 0 amide bonds. The number of nitrogens with zero attached hydrogens (tertiary/aromatic N) is 1. The molecule has 0 aliphatic carbocycles. The van der Waals surface area contributed by atoms with E-state index in [1.165, 1.54) is 12.1 Å². The lowest BCUT2D eigenvalue weighted by atomic mass is 9.91. The summed E-state index contributed by atoms with van der Waals surface area (Å²) in [5.74, 6) is -0.223. The summed E-state index contributed by atoms with van der Waals surface area (Å²) in [6.07, 6.45) is -0.112. The minimum Gasteiger partial charge on any atom is -0.508 e. The topological polar surface area (TPSA) is 105 Å². The van der Waals surface area contributed by atoms with Crippen LogP contribution in [0.4, 0.5) is 10.1 Å². The number of hydrogen-bond acceptors (Lipinski definition) is 6. The van der Waals surface area contributed by atoms with E-state index >= 15 is 0 Å². The van der Waals surface area contributed by atoms with Gasteiger partial charge in [0.25, 0.3) is 0 Å². The fourth-order valence-electron chi connectivity index (χ4n) is 6.44. The Labute approximate surface area is 267 Å². The summed E-state index contributed by atoms with van der Waals surface area (Å²) in [5, 5.41) is 46.0. The van der Waals surface area contributed by atoms with E-state index in [-0.39, 0.29) is 42.5 Å². The number of phenols is 1. The molecule has 0 spiro atoms. The number of hydrogen-bond donors (Lipinski definition) is 5. The molecular formula is C36H37FN2O5S. The van der Waals surface area contributed by atoms with Crippen LogP contribution in [0.1, 0.15) is 60.6 Å². The third-order valence-electron chi connectivity index (χ3n) is 8.77. The molecule has 0 radical (unpaired) electrons. The minimum absolute atomic E-state index is 0.127. The molecule has 5 N–H and O–H groups in total. The highest BCUT2D eigenvalue weighted by molar-refractivity contribution is 7.80. The molecule has 0 saturated carbocycles. The van der Waals surface area contributed by atoms with Gasteiger partial charge in [0, 0.05) is 24.1 Å². The van der Waals surface area contributed by atoms with Gasteiger partial charge in [-0.15, -0.1) is 0 Å². The van der Waals surface area contributed by atoms with Crippen molar-refractivity contribution in [2.24, 2.45) is 0 Å². The maximum Gasteiger partial charge on any atom is 0.174 e. The van der Waals surface area contributed by atoms with E-state index in [4.69, 9.17) is 17.0 Å². The predicted molar refractivity (Wildman–Crippen MR) is 175 cm³/mol. The Kier molecular flexibility index (Phi) is 9.44. The molecule has 6 rings (SSSR count). The lowest BCUT2D eigenvalue weighted by Gasteiger charge is -2.32. The van der Waals surface area contributed by atoms with Crippen LogP contribution in [0.15, 0.2) is 97.1 Å². The van der Waals surface area contributed by atoms with Gasteiger partial charge in [0.2, 0.25) is 0 Å². The molecule has 2 aliphatic heterocycles. The molecule has 4 aromatic carbocycles. The van der Waals surface area contributed by atoms with Crippen molar-refractivity contribution in [3.05, 3.63) is 120 Å². The molecule has 2 aliphatic rings.